The molecule has 1 amide bonds. The summed E-state index contributed by atoms with van der Waals surface area (Å²) in [5.41, 5.74) is 4.97. The Morgan fingerprint density at radius 1 is 1.12 bits per heavy atom. The third-order valence-corrected chi connectivity index (χ3v) is 7.16. The topological polar surface area (TPSA) is 73.8 Å². The van der Waals surface area contributed by atoms with Gasteiger partial charge in [-0.05, 0) is 80.1 Å². The Hall–Kier alpha value is -3.49. The first-order chi connectivity index (χ1) is 16.3. The van der Waals surface area contributed by atoms with Gasteiger partial charge in [-0.25, -0.2) is 4.39 Å². The molecular formula is C25H19ClFN5OS. The summed E-state index contributed by atoms with van der Waals surface area (Å²) in [6.07, 6.45) is 1.66. The molecule has 3 aromatic rings. The van der Waals surface area contributed by atoms with Crippen molar-refractivity contribution in [2.24, 2.45) is 10.1 Å². The average Bonchev–Trinajstić information content (AvgIpc) is 3.34. The first-order valence-corrected chi connectivity index (χ1v) is 11.6. The average molecular weight is 492 g/mol. The number of fused-ring (bicyclic) bond motifs is 1. The Balaban J connectivity index is 1.54. The van der Waals surface area contributed by atoms with Gasteiger partial charge < -0.3 is 4.57 Å². The fourth-order valence-electron chi connectivity index (χ4n) is 4.03. The fraction of sp³-hybridized carbons (Fsp3) is 0.120. The molecule has 2 aliphatic rings. The summed E-state index contributed by atoms with van der Waals surface area (Å²) in [7, 11) is 0. The zero-order valence-corrected chi connectivity index (χ0v) is 20.1. The van der Waals surface area contributed by atoms with Crippen molar-refractivity contribution in [3.63, 3.8) is 0 Å². The molecular weight excluding hydrogens is 473 g/mol. The number of amidine groups is 2. The Morgan fingerprint density at radius 3 is 2.65 bits per heavy atom. The van der Waals surface area contributed by atoms with Gasteiger partial charge in [-0.3, -0.25) is 10.2 Å². The van der Waals surface area contributed by atoms with Gasteiger partial charge in [0.2, 0.25) is 5.17 Å². The summed E-state index contributed by atoms with van der Waals surface area (Å²) in [6.45, 7) is 5.88. The van der Waals surface area contributed by atoms with Gasteiger partial charge in [0.05, 0.1) is 5.57 Å². The summed E-state index contributed by atoms with van der Waals surface area (Å²) in [6, 6.07) is 13.9. The second-order valence-corrected chi connectivity index (χ2v) is 9.31. The lowest BCUT2D eigenvalue weighted by molar-refractivity contribution is -0.114. The van der Waals surface area contributed by atoms with E-state index in [1.165, 1.54) is 11.1 Å². The number of nitrogens with one attached hydrogen (secondary N) is 1. The minimum atomic E-state index is -0.530. The maximum absolute atomic E-state index is 14.2. The highest BCUT2D eigenvalue weighted by molar-refractivity contribution is 8.27. The smallest absolute Gasteiger partial charge is 0.283 e. The van der Waals surface area contributed by atoms with Crippen LogP contribution in [0.25, 0.3) is 11.8 Å². The number of nitrogens with zero attached hydrogens (tertiary/aromatic N) is 4. The Kier molecular flexibility index (Phi) is 5.50. The van der Waals surface area contributed by atoms with E-state index in [2.05, 4.69) is 14.7 Å². The standard InChI is InChI=1S/C25H19ClFN5OS/c1-13-11-16(15(3)31(13)21-10-6-8-19(26)14(21)2)12-18-22(28)32-25(29-23(18)33)34-24(30-32)17-7-4-5-9-20(17)27/h4-12,28H,1-3H3. The molecule has 1 aromatic heterocycles. The lowest BCUT2D eigenvalue weighted by atomic mass is 10.1. The maximum atomic E-state index is 14.2. The van der Waals surface area contributed by atoms with Crippen LogP contribution in [0.15, 0.2) is 64.2 Å². The third kappa shape index (κ3) is 3.59. The van der Waals surface area contributed by atoms with Crippen molar-refractivity contribution in [2.75, 3.05) is 0 Å². The molecule has 0 unspecified atom stereocenters. The van der Waals surface area contributed by atoms with Crippen molar-refractivity contribution in [2.45, 2.75) is 20.8 Å². The van der Waals surface area contributed by atoms with Crippen LogP contribution in [0, 0.1) is 32.0 Å². The molecule has 0 saturated carbocycles. The van der Waals surface area contributed by atoms with Crippen LogP contribution in [0.5, 0.6) is 0 Å². The number of halogens is 2. The lowest BCUT2D eigenvalue weighted by Gasteiger charge is -2.20. The van der Waals surface area contributed by atoms with E-state index in [0.29, 0.717) is 15.6 Å². The monoisotopic (exact) mass is 491 g/mol. The van der Waals surface area contributed by atoms with Crippen LogP contribution in [0.3, 0.4) is 0 Å². The lowest BCUT2D eigenvalue weighted by Crippen LogP contribution is -2.35. The van der Waals surface area contributed by atoms with Gasteiger partial charge in [-0.1, -0.05) is 29.8 Å². The minimum Gasteiger partial charge on any atom is -0.318 e. The number of hydrazone groups is 1. The zero-order valence-electron chi connectivity index (χ0n) is 18.6. The van der Waals surface area contributed by atoms with Crippen LogP contribution in [0.2, 0.25) is 5.02 Å². The summed E-state index contributed by atoms with van der Waals surface area (Å²) in [5.74, 6) is -1.05. The number of benzene rings is 2. The summed E-state index contributed by atoms with van der Waals surface area (Å²) < 4.78 is 16.3. The number of thioether (sulfide) groups is 1. The molecule has 0 aliphatic carbocycles. The van der Waals surface area contributed by atoms with E-state index in [0.717, 1.165) is 40.0 Å². The van der Waals surface area contributed by atoms with Crippen molar-refractivity contribution >= 4 is 51.4 Å². The molecule has 0 saturated heterocycles. The number of hydrogen-bond donors (Lipinski definition) is 1. The van der Waals surface area contributed by atoms with Crippen LogP contribution < -0.4 is 0 Å². The van der Waals surface area contributed by atoms with Crippen LogP contribution >= 0.6 is 23.4 Å². The predicted octanol–water partition coefficient (Wildman–Crippen LogP) is 5.86. The maximum Gasteiger partial charge on any atom is 0.283 e. The molecule has 2 aromatic carbocycles. The Morgan fingerprint density at radius 2 is 1.88 bits per heavy atom. The molecule has 0 atom stereocenters. The van der Waals surface area contributed by atoms with Gasteiger partial charge >= 0.3 is 0 Å². The highest BCUT2D eigenvalue weighted by Crippen LogP contribution is 2.33. The normalized spacial score (nSPS) is 16.7. The van der Waals surface area contributed by atoms with Crippen LogP contribution in [0.1, 0.15) is 28.1 Å². The SMILES string of the molecule is Cc1c(Cl)cccc1-n1c(C)cc(C=C2C(=N)N3N=C(c4ccccc4F)SC3=NC2=O)c1C. The van der Waals surface area contributed by atoms with E-state index in [1.807, 2.05) is 45.0 Å². The van der Waals surface area contributed by atoms with Gasteiger partial charge in [0.1, 0.15) is 10.9 Å². The second-order valence-electron chi connectivity index (χ2n) is 7.95. The van der Waals surface area contributed by atoms with E-state index < -0.39 is 11.7 Å². The van der Waals surface area contributed by atoms with E-state index in [9.17, 15) is 9.18 Å². The summed E-state index contributed by atoms with van der Waals surface area (Å²) >= 11 is 7.40. The largest absolute Gasteiger partial charge is 0.318 e. The quantitative estimate of drug-likeness (QED) is 0.466. The molecule has 170 valence electrons. The molecule has 0 spiro atoms. The molecule has 1 N–H and O–H groups in total. The van der Waals surface area contributed by atoms with Crippen molar-refractivity contribution in [1.29, 1.82) is 5.41 Å². The number of hydrogen-bond acceptors (Lipinski definition) is 4. The van der Waals surface area contributed by atoms with Crippen LogP contribution in [0.4, 0.5) is 4.39 Å². The predicted molar refractivity (Wildman–Crippen MR) is 136 cm³/mol. The highest BCUT2D eigenvalue weighted by Gasteiger charge is 2.36. The minimum absolute atomic E-state index is 0.0995. The molecule has 0 radical (unpaired) electrons. The number of aromatic nitrogens is 1. The van der Waals surface area contributed by atoms with Gasteiger partial charge in [-0.15, -0.1) is 0 Å². The second kappa shape index (κ2) is 8.38. The van der Waals surface area contributed by atoms with Crippen molar-refractivity contribution in [3.05, 3.63) is 93.0 Å². The fourth-order valence-corrected chi connectivity index (χ4v) is 5.12. The van der Waals surface area contributed by atoms with E-state index in [4.69, 9.17) is 17.0 Å². The molecule has 6 nitrogen and oxygen atoms in total. The van der Waals surface area contributed by atoms with Gasteiger partial charge in [0.15, 0.2) is 5.84 Å². The number of amides is 1. The van der Waals surface area contributed by atoms with Crippen LogP contribution in [-0.4, -0.2) is 31.5 Å². The molecule has 3 heterocycles. The molecule has 9 heteroatoms. The number of aliphatic imine (C=N–C) groups is 1. The molecule has 0 bridgehead atoms. The molecule has 0 fully saturated rings. The van der Waals surface area contributed by atoms with Gasteiger partial charge in [0.25, 0.3) is 5.91 Å². The third-order valence-electron chi connectivity index (χ3n) is 5.81. The van der Waals surface area contributed by atoms with E-state index >= 15 is 0 Å². The Labute approximate surface area is 205 Å². The van der Waals surface area contributed by atoms with Crippen molar-refractivity contribution < 1.29 is 9.18 Å². The van der Waals surface area contributed by atoms with E-state index in [1.54, 1.807) is 24.3 Å². The van der Waals surface area contributed by atoms with Crippen molar-refractivity contribution in [1.82, 2.24) is 9.58 Å². The number of aryl methyl sites for hydroxylation is 1. The van der Waals surface area contributed by atoms with E-state index in [-0.39, 0.29) is 16.6 Å². The van der Waals surface area contributed by atoms with Crippen molar-refractivity contribution in [3.8, 4) is 5.69 Å². The highest BCUT2D eigenvalue weighted by atomic mass is 35.5. The van der Waals surface area contributed by atoms with Gasteiger partial charge in [0, 0.05) is 27.7 Å². The van der Waals surface area contributed by atoms with Gasteiger partial charge in [-0.2, -0.15) is 15.1 Å². The molecule has 34 heavy (non-hydrogen) atoms. The first-order valence-electron chi connectivity index (χ1n) is 10.5. The number of rotatable bonds is 3. The summed E-state index contributed by atoms with van der Waals surface area (Å²) in [5, 5.41) is 15.5. The Bertz CT molecular complexity index is 1490. The van der Waals surface area contributed by atoms with Crippen LogP contribution in [-0.2, 0) is 4.79 Å². The molecule has 2 aliphatic heterocycles. The first kappa shape index (κ1) is 22.3. The number of carbonyl (C=O) groups excluding carboxylic acids is 1. The summed E-state index contributed by atoms with van der Waals surface area (Å²) in [4.78, 5) is 17.0. The number of carbonyl (C=O) groups is 1. The zero-order chi connectivity index (χ0) is 24.1. The molecule has 5 rings (SSSR count).